The quantitative estimate of drug-likeness (QED) is 0.705. The van der Waals surface area contributed by atoms with E-state index in [1.807, 2.05) is 30.3 Å². The largest absolute Gasteiger partial charge is 0.366 e. The fourth-order valence-electron chi connectivity index (χ4n) is 3.56. The molecule has 27 heavy (non-hydrogen) atoms. The van der Waals surface area contributed by atoms with Crippen molar-refractivity contribution in [3.63, 3.8) is 0 Å². The zero-order valence-electron chi connectivity index (χ0n) is 15.6. The van der Waals surface area contributed by atoms with Gasteiger partial charge in [0.1, 0.15) is 11.5 Å². The summed E-state index contributed by atoms with van der Waals surface area (Å²) >= 11 is 0. The van der Waals surface area contributed by atoms with Crippen LogP contribution in [0.25, 0.3) is 16.8 Å². The van der Waals surface area contributed by atoms with E-state index < -0.39 is 0 Å². The van der Waals surface area contributed by atoms with Crippen molar-refractivity contribution in [1.82, 2.24) is 19.7 Å². The molecule has 140 valence electrons. The zero-order chi connectivity index (χ0) is 18.6. The maximum atomic E-state index is 13.1. The van der Waals surface area contributed by atoms with Crippen LogP contribution in [0.2, 0.25) is 0 Å². The van der Waals surface area contributed by atoms with E-state index in [9.17, 15) is 4.79 Å². The van der Waals surface area contributed by atoms with Crippen molar-refractivity contribution in [1.29, 1.82) is 0 Å². The average molecular weight is 363 g/mol. The molecule has 4 rings (SSSR count). The van der Waals surface area contributed by atoms with Crippen LogP contribution >= 0.6 is 0 Å². The summed E-state index contributed by atoms with van der Waals surface area (Å²) in [6, 6.07) is 9.98. The third-order valence-corrected chi connectivity index (χ3v) is 5.04. The highest BCUT2D eigenvalue weighted by molar-refractivity contribution is 5.67. The lowest BCUT2D eigenvalue weighted by molar-refractivity contribution is 0.774. The summed E-state index contributed by atoms with van der Waals surface area (Å²) in [6.07, 6.45) is 7.51. The summed E-state index contributed by atoms with van der Waals surface area (Å²) < 4.78 is 1.61. The summed E-state index contributed by atoms with van der Waals surface area (Å²) in [5.41, 5.74) is 3.00. The van der Waals surface area contributed by atoms with Gasteiger partial charge in [0.15, 0.2) is 0 Å². The fraction of sp³-hybridized carbons (Fsp3) is 0.381. The van der Waals surface area contributed by atoms with E-state index in [4.69, 9.17) is 4.98 Å². The minimum absolute atomic E-state index is 0.0331. The summed E-state index contributed by atoms with van der Waals surface area (Å²) in [5, 5.41) is 6.78. The van der Waals surface area contributed by atoms with Crippen LogP contribution in [-0.4, -0.2) is 33.5 Å². The molecule has 1 aliphatic rings. The first-order valence-electron chi connectivity index (χ1n) is 9.70. The number of aromatic nitrogens is 3. The molecule has 0 aromatic carbocycles. The molecule has 0 unspecified atom stereocenters. The Labute approximate surface area is 158 Å². The van der Waals surface area contributed by atoms with Crippen LogP contribution in [0.5, 0.6) is 0 Å². The van der Waals surface area contributed by atoms with Crippen molar-refractivity contribution in [2.75, 3.05) is 18.4 Å². The molecule has 1 aliphatic heterocycles. The Morgan fingerprint density at radius 2 is 2.22 bits per heavy atom. The van der Waals surface area contributed by atoms with Crippen molar-refractivity contribution in [2.24, 2.45) is 0 Å². The van der Waals surface area contributed by atoms with E-state index >= 15 is 0 Å². The van der Waals surface area contributed by atoms with Crippen LogP contribution in [0.4, 0.5) is 5.82 Å². The number of anilines is 1. The number of rotatable bonds is 6. The molecule has 4 heterocycles. The maximum absolute atomic E-state index is 13.1. The highest BCUT2D eigenvalue weighted by Crippen LogP contribution is 2.22. The topological polar surface area (TPSA) is 71.3 Å². The second-order valence-corrected chi connectivity index (χ2v) is 7.04. The highest BCUT2D eigenvalue weighted by atomic mass is 16.1. The highest BCUT2D eigenvalue weighted by Gasteiger charge is 2.17. The number of nitrogens with one attached hydrogen (secondary N) is 2. The van der Waals surface area contributed by atoms with E-state index in [1.165, 1.54) is 0 Å². The lowest BCUT2D eigenvalue weighted by atomic mass is 10.0. The SMILES string of the molecule is CCCCc1nc2ccccn2c(=O)c1-c1ccc(N[C@@H]2CCNC2)nc1. The van der Waals surface area contributed by atoms with Crippen molar-refractivity contribution < 1.29 is 0 Å². The number of nitrogens with zero attached hydrogens (tertiary/aromatic N) is 3. The van der Waals surface area contributed by atoms with Crippen LogP contribution in [0.1, 0.15) is 31.9 Å². The van der Waals surface area contributed by atoms with Crippen molar-refractivity contribution >= 4 is 11.5 Å². The Bertz CT molecular complexity index is 974. The van der Waals surface area contributed by atoms with Crippen LogP contribution in [0.3, 0.4) is 0 Å². The average Bonchev–Trinajstić information content (AvgIpc) is 3.20. The maximum Gasteiger partial charge on any atom is 0.266 e. The molecular formula is C21H25N5O. The number of hydrogen-bond acceptors (Lipinski definition) is 5. The molecule has 1 fully saturated rings. The molecule has 3 aromatic heterocycles. The Morgan fingerprint density at radius 3 is 2.96 bits per heavy atom. The molecule has 0 bridgehead atoms. The minimum Gasteiger partial charge on any atom is -0.366 e. The predicted octanol–water partition coefficient (Wildman–Crippen LogP) is 2.87. The molecule has 6 heteroatoms. The molecule has 0 amide bonds. The molecule has 1 atom stereocenters. The van der Waals surface area contributed by atoms with Gasteiger partial charge in [-0.05, 0) is 50.1 Å². The fourth-order valence-corrected chi connectivity index (χ4v) is 3.56. The van der Waals surface area contributed by atoms with Gasteiger partial charge in [0.25, 0.3) is 5.56 Å². The number of hydrogen-bond donors (Lipinski definition) is 2. The first-order valence-corrected chi connectivity index (χ1v) is 9.70. The van der Waals surface area contributed by atoms with Gasteiger partial charge in [-0.15, -0.1) is 0 Å². The molecule has 0 radical (unpaired) electrons. The van der Waals surface area contributed by atoms with E-state index in [1.54, 1.807) is 16.8 Å². The van der Waals surface area contributed by atoms with Crippen LogP contribution in [0.15, 0.2) is 47.5 Å². The molecule has 0 spiro atoms. The lowest BCUT2D eigenvalue weighted by Gasteiger charge is -2.13. The lowest BCUT2D eigenvalue weighted by Crippen LogP contribution is -2.22. The van der Waals surface area contributed by atoms with Gasteiger partial charge in [0.05, 0.1) is 11.3 Å². The van der Waals surface area contributed by atoms with Gasteiger partial charge in [0.2, 0.25) is 0 Å². The molecule has 0 aliphatic carbocycles. The van der Waals surface area contributed by atoms with Crippen LogP contribution in [-0.2, 0) is 6.42 Å². The molecule has 0 saturated carbocycles. The number of fused-ring (bicyclic) bond motifs is 1. The second-order valence-electron chi connectivity index (χ2n) is 7.04. The number of unbranched alkanes of at least 4 members (excludes halogenated alkanes) is 1. The molecule has 6 nitrogen and oxygen atoms in total. The first kappa shape index (κ1) is 17.7. The third-order valence-electron chi connectivity index (χ3n) is 5.04. The minimum atomic E-state index is -0.0331. The monoisotopic (exact) mass is 363 g/mol. The Morgan fingerprint density at radius 1 is 1.30 bits per heavy atom. The molecule has 1 saturated heterocycles. The van der Waals surface area contributed by atoms with Gasteiger partial charge >= 0.3 is 0 Å². The van der Waals surface area contributed by atoms with Gasteiger partial charge in [-0.3, -0.25) is 9.20 Å². The van der Waals surface area contributed by atoms with Gasteiger partial charge in [-0.2, -0.15) is 0 Å². The normalized spacial score (nSPS) is 16.7. The third kappa shape index (κ3) is 3.71. The van der Waals surface area contributed by atoms with E-state index in [0.717, 1.165) is 55.8 Å². The predicted molar refractivity (Wildman–Crippen MR) is 108 cm³/mol. The standard InChI is InChI=1S/C21H25N5O/c1-2-3-6-17-20(21(27)26-12-5-4-7-19(26)25-17)15-8-9-18(23-13-15)24-16-10-11-22-14-16/h4-5,7-9,12-13,16,22H,2-3,6,10-11,14H2,1H3,(H,23,24)/t16-/m1/s1. The zero-order valence-corrected chi connectivity index (χ0v) is 15.6. The van der Waals surface area contributed by atoms with Crippen molar-refractivity contribution in [3.8, 4) is 11.1 Å². The van der Waals surface area contributed by atoms with E-state index in [2.05, 4.69) is 22.5 Å². The molecular weight excluding hydrogens is 338 g/mol. The van der Waals surface area contributed by atoms with E-state index in [0.29, 0.717) is 17.3 Å². The van der Waals surface area contributed by atoms with E-state index in [-0.39, 0.29) is 5.56 Å². The summed E-state index contributed by atoms with van der Waals surface area (Å²) in [5.74, 6) is 0.844. The summed E-state index contributed by atoms with van der Waals surface area (Å²) in [6.45, 7) is 4.14. The second kappa shape index (κ2) is 7.88. The van der Waals surface area contributed by atoms with Crippen LogP contribution in [0, 0.1) is 0 Å². The Hall–Kier alpha value is -2.73. The number of pyridine rings is 2. The Kier molecular flexibility index (Phi) is 5.16. The molecule has 3 aromatic rings. The number of aryl methyl sites for hydroxylation is 1. The van der Waals surface area contributed by atoms with Crippen molar-refractivity contribution in [2.45, 2.75) is 38.6 Å². The van der Waals surface area contributed by atoms with Crippen LogP contribution < -0.4 is 16.2 Å². The Balaban J connectivity index is 1.72. The van der Waals surface area contributed by atoms with Gasteiger partial charge in [0, 0.05) is 30.5 Å². The smallest absolute Gasteiger partial charge is 0.266 e. The summed E-state index contributed by atoms with van der Waals surface area (Å²) in [7, 11) is 0. The van der Waals surface area contributed by atoms with Gasteiger partial charge in [-0.25, -0.2) is 9.97 Å². The summed E-state index contributed by atoms with van der Waals surface area (Å²) in [4.78, 5) is 22.5. The van der Waals surface area contributed by atoms with Gasteiger partial charge in [-0.1, -0.05) is 19.4 Å². The first-order chi connectivity index (χ1) is 13.3. The van der Waals surface area contributed by atoms with Gasteiger partial charge < -0.3 is 10.6 Å². The molecule has 2 N–H and O–H groups in total. The van der Waals surface area contributed by atoms with Crippen molar-refractivity contribution in [3.05, 3.63) is 58.8 Å².